The Morgan fingerprint density at radius 2 is 1.85 bits per heavy atom. The van der Waals surface area contributed by atoms with Gasteiger partial charge >= 0.3 is 0 Å². The third-order valence-electron chi connectivity index (χ3n) is 6.53. The van der Waals surface area contributed by atoms with Gasteiger partial charge in [-0.1, -0.05) is 37.1 Å². The average Bonchev–Trinajstić information content (AvgIpc) is 3.03. The predicted molar refractivity (Wildman–Crippen MR) is 110 cm³/mol. The fraction of sp³-hybridized carbons (Fsp3) is 0.545. The van der Waals surface area contributed by atoms with Gasteiger partial charge in [-0.15, -0.1) is 0 Å². The van der Waals surface area contributed by atoms with Crippen molar-refractivity contribution in [3.63, 3.8) is 0 Å². The molecule has 5 rings (SSSR count). The highest BCUT2D eigenvalue weighted by Crippen LogP contribution is 2.36. The van der Waals surface area contributed by atoms with Crippen molar-refractivity contribution < 1.29 is 0 Å². The number of benzene rings is 1. The van der Waals surface area contributed by atoms with Crippen LogP contribution in [0, 0.1) is 0 Å². The molecular weight excluding hydrogens is 334 g/mol. The van der Waals surface area contributed by atoms with E-state index in [1.54, 1.807) is 0 Å². The Balaban J connectivity index is 1.54. The van der Waals surface area contributed by atoms with Crippen LogP contribution in [0.1, 0.15) is 43.2 Å². The SMILES string of the molecule is Nc1nc2c(c(N3CCN4CCCCCC4C3)n1)CCCc1ccccc1-2. The first kappa shape index (κ1) is 17.0. The molecule has 142 valence electrons. The molecule has 1 atom stereocenters. The van der Waals surface area contributed by atoms with E-state index in [-0.39, 0.29) is 0 Å². The van der Waals surface area contributed by atoms with E-state index < -0.39 is 0 Å². The van der Waals surface area contributed by atoms with Gasteiger partial charge in [0.15, 0.2) is 0 Å². The smallest absolute Gasteiger partial charge is 0.222 e. The summed E-state index contributed by atoms with van der Waals surface area (Å²) >= 11 is 0. The summed E-state index contributed by atoms with van der Waals surface area (Å²) in [5, 5.41) is 0. The Hall–Kier alpha value is -2.14. The Bertz CT molecular complexity index is 833. The largest absolute Gasteiger partial charge is 0.368 e. The molecule has 0 amide bonds. The summed E-state index contributed by atoms with van der Waals surface area (Å²) in [4.78, 5) is 14.7. The van der Waals surface area contributed by atoms with Gasteiger partial charge in [0.25, 0.3) is 0 Å². The van der Waals surface area contributed by atoms with Crippen LogP contribution in [0.25, 0.3) is 11.3 Å². The van der Waals surface area contributed by atoms with Crippen LogP contribution in [0.15, 0.2) is 24.3 Å². The van der Waals surface area contributed by atoms with Crippen molar-refractivity contribution in [3.8, 4) is 11.3 Å². The maximum Gasteiger partial charge on any atom is 0.222 e. The second-order valence-electron chi connectivity index (χ2n) is 8.23. The number of piperazine rings is 1. The summed E-state index contributed by atoms with van der Waals surface area (Å²) in [6.45, 7) is 4.52. The number of hydrogen-bond donors (Lipinski definition) is 1. The molecule has 3 heterocycles. The van der Waals surface area contributed by atoms with Crippen LogP contribution in [0.2, 0.25) is 0 Å². The summed E-state index contributed by atoms with van der Waals surface area (Å²) in [6.07, 6.45) is 8.66. The third kappa shape index (κ3) is 3.18. The van der Waals surface area contributed by atoms with Crippen molar-refractivity contribution in [1.29, 1.82) is 0 Å². The molecule has 0 radical (unpaired) electrons. The summed E-state index contributed by atoms with van der Waals surface area (Å²) in [7, 11) is 0. The lowest BCUT2D eigenvalue weighted by Crippen LogP contribution is -2.53. The van der Waals surface area contributed by atoms with Gasteiger partial charge in [0.2, 0.25) is 5.95 Å². The molecule has 0 spiro atoms. The van der Waals surface area contributed by atoms with E-state index in [4.69, 9.17) is 15.7 Å². The van der Waals surface area contributed by atoms with Crippen LogP contribution in [0.4, 0.5) is 11.8 Å². The van der Waals surface area contributed by atoms with E-state index >= 15 is 0 Å². The van der Waals surface area contributed by atoms with E-state index in [9.17, 15) is 0 Å². The van der Waals surface area contributed by atoms with Crippen LogP contribution >= 0.6 is 0 Å². The Labute approximate surface area is 161 Å². The van der Waals surface area contributed by atoms with Crippen LogP contribution in [-0.2, 0) is 12.8 Å². The lowest BCUT2D eigenvalue weighted by molar-refractivity contribution is 0.180. The van der Waals surface area contributed by atoms with Gasteiger partial charge in [-0.25, -0.2) is 4.98 Å². The second kappa shape index (κ2) is 7.12. The highest BCUT2D eigenvalue weighted by molar-refractivity contribution is 5.74. The quantitative estimate of drug-likeness (QED) is 0.843. The number of anilines is 2. The van der Waals surface area contributed by atoms with Crippen LogP contribution < -0.4 is 10.6 Å². The van der Waals surface area contributed by atoms with Gasteiger partial charge in [-0.05, 0) is 44.2 Å². The molecule has 1 aromatic heterocycles. The summed E-state index contributed by atoms with van der Waals surface area (Å²) in [5.74, 6) is 1.50. The van der Waals surface area contributed by atoms with Crippen LogP contribution in [0.5, 0.6) is 0 Å². The van der Waals surface area contributed by atoms with Gasteiger partial charge in [0.05, 0.1) is 5.69 Å². The van der Waals surface area contributed by atoms with Crippen molar-refractivity contribution >= 4 is 11.8 Å². The number of nitrogens with two attached hydrogens (primary N) is 1. The molecule has 27 heavy (non-hydrogen) atoms. The van der Waals surface area contributed by atoms with Crippen LogP contribution in [0.3, 0.4) is 0 Å². The molecule has 1 aromatic carbocycles. The number of fused-ring (bicyclic) bond motifs is 4. The number of nitrogens with zero attached hydrogens (tertiary/aromatic N) is 4. The second-order valence-corrected chi connectivity index (χ2v) is 8.23. The predicted octanol–water partition coefficient (Wildman–Crippen LogP) is 3.28. The molecule has 0 bridgehead atoms. The molecule has 2 N–H and O–H groups in total. The van der Waals surface area contributed by atoms with E-state index in [2.05, 4.69) is 34.1 Å². The zero-order chi connectivity index (χ0) is 18.2. The van der Waals surface area contributed by atoms with Crippen molar-refractivity contribution in [2.75, 3.05) is 36.8 Å². The Morgan fingerprint density at radius 1 is 0.926 bits per heavy atom. The fourth-order valence-corrected chi connectivity index (χ4v) is 5.15. The van der Waals surface area contributed by atoms with E-state index in [0.717, 1.165) is 50.4 Å². The average molecular weight is 364 g/mol. The molecular formula is C22H29N5. The van der Waals surface area contributed by atoms with Gasteiger partial charge < -0.3 is 10.6 Å². The van der Waals surface area contributed by atoms with Crippen LogP contribution in [-0.4, -0.2) is 47.1 Å². The number of aromatic nitrogens is 2. The normalized spacial score (nSPS) is 23.0. The molecule has 2 fully saturated rings. The molecule has 0 saturated carbocycles. The Morgan fingerprint density at radius 3 is 2.81 bits per heavy atom. The minimum atomic E-state index is 0.406. The minimum Gasteiger partial charge on any atom is -0.368 e. The van der Waals surface area contributed by atoms with Crippen molar-refractivity contribution in [3.05, 3.63) is 35.4 Å². The number of rotatable bonds is 1. The number of hydrogen-bond acceptors (Lipinski definition) is 5. The van der Waals surface area contributed by atoms with E-state index in [1.807, 2.05) is 0 Å². The number of nitrogen functional groups attached to an aromatic ring is 1. The van der Waals surface area contributed by atoms with Gasteiger partial charge in [0.1, 0.15) is 5.82 Å². The molecule has 1 aliphatic carbocycles. The summed E-state index contributed by atoms with van der Waals surface area (Å²) < 4.78 is 0. The first-order valence-electron chi connectivity index (χ1n) is 10.5. The van der Waals surface area contributed by atoms with Crippen molar-refractivity contribution in [2.24, 2.45) is 0 Å². The molecule has 5 nitrogen and oxygen atoms in total. The monoisotopic (exact) mass is 363 g/mol. The van der Waals surface area contributed by atoms with Crippen molar-refractivity contribution in [1.82, 2.24) is 14.9 Å². The zero-order valence-corrected chi connectivity index (χ0v) is 16.0. The fourth-order valence-electron chi connectivity index (χ4n) is 5.15. The molecule has 5 heteroatoms. The highest BCUT2D eigenvalue weighted by atomic mass is 15.3. The van der Waals surface area contributed by atoms with Gasteiger partial charge in [-0.3, -0.25) is 4.90 Å². The third-order valence-corrected chi connectivity index (χ3v) is 6.53. The van der Waals surface area contributed by atoms with E-state index in [0.29, 0.717) is 12.0 Å². The van der Waals surface area contributed by atoms with E-state index in [1.165, 1.54) is 48.9 Å². The molecule has 2 saturated heterocycles. The first-order valence-corrected chi connectivity index (χ1v) is 10.5. The molecule has 1 unspecified atom stereocenters. The summed E-state index contributed by atoms with van der Waals surface area (Å²) in [6, 6.07) is 9.31. The molecule has 3 aliphatic rings. The lowest BCUT2D eigenvalue weighted by atomic mass is 10.0. The highest BCUT2D eigenvalue weighted by Gasteiger charge is 2.31. The van der Waals surface area contributed by atoms with Gasteiger partial charge in [-0.2, -0.15) is 4.98 Å². The topological polar surface area (TPSA) is 58.3 Å². The first-order chi connectivity index (χ1) is 13.3. The minimum absolute atomic E-state index is 0.406. The standard InChI is InChI=1S/C22H29N5/c23-22-24-20-18-10-4-3-7-16(18)8-6-11-19(20)21(25-22)27-14-13-26-12-5-1-2-9-17(26)15-27/h3-4,7,10,17H,1-2,5-6,8-9,11-15H2,(H2,23,24,25). The maximum absolute atomic E-state index is 6.19. The van der Waals surface area contributed by atoms with Gasteiger partial charge in [0, 0.05) is 36.8 Å². The Kier molecular flexibility index (Phi) is 4.48. The molecule has 2 aliphatic heterocycles. The summed E-state index contributed by atoms with van der Waals surface area (Å²) in [5.41, 5.74) is 11.2. The lowest BCUT2D eigenvalue weighted by Gasteiger charge is -2.41. The van der Waals surface area contributed by atoms with Crippen molar-refractivity contribution in [2.45, 2.75) is 51.0 Å². The maximum atomic E-state index is 6.19. The number of aryl methyl sites for hydroxylation is 1. The zero-order valence-electron chi connectivity index (χ0n) is 16.0. The molecule has 2 aromatic rings.